The first kappa shape index (κ1) is 19.7. The summed E-state index contributed by atoms with van der Waals surface area (Å²) in [5.74, 6) is -0.0839. The van der Waals surface area contributed by atoms with E-state index in [0.29, 0.717) is 18.7 Å². The second kappa shape index (κ2) is 8.10. The molecule has 1 amide bonds. The summed E-state index contributed by atoms with van der Waals surface area (Å²) < 4.78 is 5.39. The lowest BCUT2D eigenvalue weighted by Gasteiger charge is -2.29. The second-order valence-electron chi connectivity index (χ2n) is 7.85. The highest BCUT2D eigenvalue weighted by atomic mass is 16.5. The SMILES string of the molecule is CCN(C(=O)c1cccc2c(-c3cccc4ncccc34)cccc12)[C@H]1COC[C@@H]1O. The minimum Gasteiger partial charge on any atom is -0.388 e. The number of amides is 1. The molecule has 2 heterocycles. The van der Waals surface area contributed by atoms with Crippen LogP contribution in [-0.4, -0.2) is 52.8 Å². The number of aliphatic hydroxyl groups excluding tert-OH is 1. The van der Waals surface area contributed by atoms with E-state index in [1.165, 1.54) is 0 Å². The van der Waals surface area contributed by atoms with Crippen LogP contribution in [-0.2, 0) is 4.74 Å². The minimum absolute atomic E-state index is 0.0839. The maximum absolute atomic E-state index is 13.5. The van der Waals surface area contributed by atoms with Gasteiger partial charge >= 0.3 is 0 Å². The molecule has 1 N–H and O–H groups in total. The summed E-state index contributed by atoms with van der Waals surface area (Å²) in [6.07, 6.45) is 1.14. The fourth-order valence-corrected chi connectivity index (χ4v) is 4.58. The van der Waals surface area contributed by atoms with Crippen molar-refractivity contribution in [1.29, 1.82) is 0 Å². The van der Waals surface area contributed by atoms with Crippen LogP contribution in [0.15, 0.2) is 72.9 Å². The number of likely N-dealkylation sites (N-methyl/N-ethyl adjacent to an activating group) is 1. The van der Waals surface area contributed by atoms with Gasteiger partial charge in [0.1, 0.15) is 0 Å². The largest absolute Gasteiger partial charge is 0.388 e. The third kappa shape index (κ3) is 3.36. The van der Waals surface area contributed by atoms with Crippen molar-refractivity contribution in [3.63, 3.8) is 0 Å². The Hall–Kier alpha value is -3.28. The molecule has 156 valence electrons. The van der Waals surface area contributed by atoms with Crippen molar-refractivity contribution < 1.29 is 14.6 Å². The quantitative estimate of drug-likeness (QED) is 0.544. The molecule has 1 fully saturated rings. The number of carbonyl (C=O) groups excluding carboxylic acids is 1. The molecule has 3 aromatic carbocycles. The number of rotatable bonds is 4. The Balaban J connectivity index is 1.65. The van der Waals surface area contributed by atoms with E-state index in [4.69, 9.17) is 4.74 Å². The molecule has 1 aliphatic heterocycles. The van der Waals surface area contributed by atoms with Gasteiger partial charge in [-0.2, -0.15) is 0 Å². The standard InChI is InChI=1S/C26H24N2O3/c1-2-28(24-15-31-16-25(24)29)26(30)22-11-4-8-18-17(7-3-9-20(18)22)19-10-5-13-23-21(19)12-6-14-27-23/h3-14,24-25,29H,2,15-16H2,1H3/t24-,25-/m0/s1. The number of nitrogens with zero attached hydrogens (tertiary/aromatic N) is 2. The summed E-state index contributed by atoms with van der Waals surface area (Å²) in [5, 5.41) is 13.3. The van der Waals surface area contributed by atoms with E-state index < -0.39 is 6.10 Å². The van der Waals surface area contributed by atoms with Crippen LogP contribution in [0.25, 0.3) is 32.8 Å². The highest BCUT2D eigenvalue weighted by molar-refractivity contribution is 6.12. The summed E-state index contributed by atoms with van der Waals surface area (Å²) in [5.41, 5.74) is 3.74. The van der Waals surface area contributed by atoms with Gasteiger partial charge < -0.3 is 14.7 Å². The van der Waals surface area contributed by atoms with Gasteiger partial charge in [-0.25, -0.2) is 0 Å². The molecule has 0 unspecified atom stereocenters. The van der Waals surface area contributed by atoms with Crippen molar-refractivity contribution in [1.82, 2.24) is 9.88 Å². The fourth-order valence-electron chi connectivity index (χ4n) is 4.58. The lowest BCUT2D eigenvalue weighted by atomic mass is 9.93. The topological polar surface area (TPSA) is 62.7 Å². The summed E-state index contributed by atoms with van der Waals surface area (Å²) in [6.45, 7) is 3.07. The van der Waals surface area contributed by atoms with Crippen LogP contribution < -0.4 is 0 Å². The molecule has 1 aromatic heterocycles. The van der Waals surface area contributed by atoms with Crippen molar-refractivity contribution in [2.75, 3.05) is 19.8 Å². The van der Waals surface area contributed by atoms with Crippen LogP contribution in [0.1, 0.15) is 17.3 Å². The Bertz CT molecular complexity index is 1260. The first-order valence-corrected chi connectivity index (χ1v) is 10.6. The third-order valence-electron chi connectivity index (χ3n) is 6.11. The van der Waals surface area contributed by atoms with Gasteiger partial charge in [0.05, 0.1) is 30.9 Å². The van der Waals surface area contributed by atoms with Crippen molar-refractivity contribution in [3.8, 4) is 11.1 Å². The summed E-state index contributed by atoms with van der Waals surface area (Å²) >= 11 is 0. The number of ether oxygens (including phenoxy) is 1. The van der Waals surface area contributed by atoms with Gasteiger partial charge in [-0.15, -0.1) is 0 Å². The number of aliphatic hydroxyl groups is 1. The zero-order chi connectivity index (χ0) is 21.4. The van der Waals surface area contributed by atoms with E-state index in [2.05, 4.69) is 29.2 Å². The average molecular weight is 412 g/mol. The first-order valence-electron chi connectivity index (χ1n) is 10.6. The smallest absolute Gasteiger partial charge is 0.254 e. The van der Waals surface area contributed by atoms with E-state index >= 15 is 0 Å². The van der Waals surface area contributed by atoms with Crippen molar-refractivity contribution in [2.24, 2.45) is 0 Å². The monoisotopic (exact) mass is 412 g/mol. The van der Waals surface area contributed by atoms with Gasteiger partial charge in [0.15, 0.2) is 0 Å². The predicted molar refractivity (Wildman–Crippen MR) is 122 cm³/mol. The van der Waals surface area contributed by atoms with E-state index in [1.54, 1.807) is 11.1 Å². The number of hydrogen-bond acceptors (Lipinski definition) is 4. The molecule has 31 heavy (non-hydrogen) atoms. The molecule has 0 spiro atoms. The van der Waals surface area contributed by atoms with Gasteiger partial charge in [-0.3, -0.25) is 9.78 Å². The fraction of sp³-hybridized carbons (Fsp3) is 0.231. The van der Waals surface area contributed by atoms with Gasteiger partial charge in [0.25, 0.3) is 5.91 Å². The van der Waals surface area contributed by atoms with E-state index in [-0.39, 0.29) is 18.6 Å². The number of fused-ring (bicyclic) bond motifs is 2. The van der Waals surface area contributed by atoms with E-state index in [9.17, 15) is 9.90 Å². The van der Waals surface area contributed by atoms with Gasteiger partial charge in [0.2, 0.25) is 0 Å². The van der Waals surface area contributed by atoms with Crippen molar-refractivity contribution in [3.05, 3.63) is 78.5 Å². The molecule has 2 atom stereocenters. The average Bonchev–Trinajstić information content (AvgIpc) is 3.24. The molecule has 1 saturated heterocycles. The Morgan fingerprint density at radius 1 is 0.968 bits per heavy atom. The third-order valence-corrected chi connectivity index (χ3v) is 6.11. The number of benzene rings is 3. The number of hydrogen-bond donors (Lipinski definition) is 1. The summed E-state index contributed by atoms with van der Waals surface area (Å²) in [7, 11) is 0. The molecule has 1 aliphatic rings. The Morgan fingerprint density at radius 2 is 1.68 bits per heavy atom. The van der Waals surface area contributed by atoms with Gasteiger partial charge in [0, 0.05) is 23.7 Å². The molecule has 5 nitrogen and oxygen atoms in total. The molecule has 4 aromatic rings. The van der Waals surface area contributed by atoms with Crippen molar-refractivity contribution in [2.45, 2.75) is 19.1 Å². The Labute approximate surface area is 180 Å². The van der Waals surface area contributed by atoms with Crippen LogP contribution in [0.4, 0.5) is 0 Å². The molecule has 5 heteroatoms. The number of aromatic nitrogens is 1. The lowest BCUT2D eigenvalue weighted by Crippen LogP contribution is -2.46. The molecule has 0 bridgehead atoms. The molecular weight excluding hydrogens is 388 g/mol. The minimum atomic E-state index is -0.655. The normalized spacial score (nSPS) is 18.5. The highest BCUT2D eigenvalue weighted by Gasteiger charge is 2.34. The number of carbonyl (C=O) groups is 1. The molecule has 5 rings (SSSR count). The van der Waals surface area contributed by atoms with E-state index in [0.717, 1.165) is 32.8 Å². The second-order valence-corrected chi connectivity index (χ2v) is 7.85. The molecular formula is C26H24N2O3. The molecule has 0 radical (unpaired) electrons. The zero-order valence-corrected chi connectivity index (χ0v) is 17.4. The number of pyridine rings is 1. The zero-order valence-electron chi connectivity index (χ0n) is 17.4. The van der Waals surface area contributed by atoms with Crippen LogP contribution in [0.3, 0.4) is 0 Å². The van der Waals surface area contributed by atoms with Crippen LogP contribution >= 0.6 is 0 Å². The first-order chi connectivity index (χ1) is 15.2. The molecule has 0 aliphatic carbocycles. The summed E-state index contributed by atoms with van der Waals surface area (Å²) in [6, 6.07) is 21.7. The van der Waals surface area contributed by atoms with E-state index in [1.807, 2.05) is 49.4 Å². The lowest BCUT2D eigenvalue weighted by molar-refractivity contribution is 0.0522. The molecule has 0 saturated carbocycles. The predicted octanol–water partition coefficient (Wildman–Crippen LogP) is 4.28. The van der Waals surface area contributed by atoms with Gasteiger partial charge in [-0.05, 0) is 47.0 Å². The summed E-state index contributed by atoms with van der Waals surface area (Å²) in [4.78, 5) is 19.7. The van der Waals surface area contributed by atoms with Crippen LogP contribution in [0.2, 0.25) is 0 Å². The van der Waals surface area contributed by atoms with Crippen LogP contribution in [0.5, 0.6) is 0 Å². The maximum atomic E-state index is 13.5. The Kier molecular flexibility index (Phi) is 5.14. The van der Waals surface area contributed by atoms with Crippen molar-refractivity contribution >= 4 is 27.6 Å². The Morgan fingerprint density at radius 3 is 2.45 bits per heavy atom. The maximum Gasteiger partial charge on any atom is 0.254 e. The highest BCUT2D eigenvalue weighted by Crippen LogP contribution is 2.35. The van der Waals surface area contributed by atoms with Crippen LogP contribution in [0, 0.1) is 0 Å². The van der Waals surface area contributed by atoms with Gasteiger partial charge in [-0.1, -0.05) is 48.5 Å².